The molecule has 0 amide bonds. The molecular weight excluding hydrogens is 397 g/mol. The van der Waals surface area contributed by atoms with Crippen LogP contribution in [0.1, 0.15) is 23.3 Å². The Morgan fingerprint density at radius 2 is 1.89 bits per heavy atom. The Labute approximate surface area is 167 Å². The van der Waals surface area contributed by atoms with Crippen LogP contribution in [0.15, 0.2) is 28.8 Å². The van der Waals surface area contributed by atoms with E-state index in [9.17, 15) is 13.2 Å². The van der Waals surface area contributed by atoms with Gasteiger partial charge in [-0.05, 0) is 36.6 Å². The zero-order chi connectivity index (χ0) is 19.2. The number of halogens is 4. The van der Waals surface area contributed by atoms with Crippen molar-refractivity contribution in [3.8, 4) is 5.75 Å². The van der Waals surface area contributed by atoms with Crippen LogP contribution in [0.2, 0.25) is 0 Å². The molecule has 1 aromatic heterocycles. The quantitative estimate of drug-likeness (QED) is 0.759. The summed E-state index contributed by atoms with van der Waals surface area (Å²) < 4.78 is 47.9. The zero-order valence-electron chi connectivity index (χ0n) is 15.5. The monoisotopic (exact) mass is 418 g/mol. The maximum Gasteiger partial charge on any atom is 0.455 e. The maximum atomic E-state index is 12.6. The second kappa shape index (κ2) is 7.88. The van der Waals surface area contributed by atoms with Gasteiger partial charge in [-0.3, -0.25) is 9.80 Å². The molecule has 0 spiro atoms. The Balaban J connectivity index is 0.00000225. The van der Waals surface area contributed by atoms with Gasteiger partial charge in [0.1, 0.15) is 5.75 Å². The lowest BCUT2D eigenvalue weighted by Crippen LogP contribution is -2.29. The molecule has 0 N–H and O–H groups in total. The molecule has 2 aliphatic heterocycles. The molecule has 0 unspecified atom stereocenters. The summed E-state index contributed by atoms with van der Waals surface area (Å²) in [6.45, 7) is 2.80. The van der Waals surface area contributed by atoms with E-state index < -0.39 is 12.0 Å². The SMILES string of the molecule is COc1ccc([C@@H]2[C@@H]3CN(Cc4nc(C(F)(F)F)no4)C[C@@H]3CN2C)cc1.Cl. The van der Waals surface area contributed by atoms with Gasteiger partial charge in [0.05, 0.1) is 13.7 Å². The first-order chi connectivity index (χ1) is 12.8. The third kappa shape index (κ3) is 3.97. The molecule has 2 saturated heterocycles. The molecule has 0 saturated carbocycles. The van der Waals surface area contributed by atoms with Crippen molar-refractivity contribution in [1.82, 2.24) is 19.9 Å². The highest BCUT2D eigenvalue weighted by molar-refractivity contribution is 5.85. The van der Waals surface area contributed by atoms with E-state index in [1.807, 2.05) is 12.1 Å². The smallest absolute Gasteiger partial charge is 0.455 e. The van der Waals surface area contributed by atoms with E-state index in [-0.39, 0.29) is 30.9 Å². The molecule has 2 fully saturated rings. The predicted molar refractivity (Wildman–Crippen MR) is 97.2 cm³/mol. The molecule has 2 aromatic rings. The maximum absolute atomic E-state index is 12.6. The molecule has 0 aliphatic carbocycles. The Morgan fingerprint density at radius 3 is 2.50 bits per heavy atom. The number of likely N-dealkylation sites (tertiary alicyclic amines) is 2. The van der Waals surface area contributed by atoms with Crippen molar-refractivity contribution in [2.75, 3.05) is 33.8 Å². The van der Waals surface area contributed by atoms with E-state index in [1.165, 1.54) is 5.56 Å². The topological polar surface area (TPSA) is 54.6 Å². The first-order valence-corrected chi connectivity index (χ1v) is 8.81. The van der Waals surface area contributed by atoms with Crippen molar-refractivity contribution < 1.29 is 22.4 Å². The van der Waals surface area contributed by atoms with Crippen LogP contribution in [-0.2, 0) is 12.7 Å². The van der Waals surface area contributed by atoms with Crippen LogP contribution >= 0.6 is 12.4 Å². The van der Waals surface area contributed by atoms with Gasteiger partial charge in [0.25, 0.3) is 5.82 Å². The lowest BCUT2D eigenvalue weighted by Gasteiger charge is -2.26. The molecule has 1 aromatic carbocycles. The summed E-state index contributed by atoms with van der Waals surface area (Å²) in [7, 11) is 3.76. The van der Waals surface area contributed by atoms with Crippen molar-refractivity contribution in [2.24, 2.45) is 11.8 Å². The second-order valence-electron chi connectivity index (χ2n) is 7.29. The lowest BCUT2D eigenvalue weighted by molar-refractivity contribution is -0.146. The summed E-state index contributed by atoms with van der Waals surface area (Å²) in [6.07, 6.45) is -4.58. The fraction of sp³-hybridized carbons (Fsp3) is 0.556. The van der Waals surface area contributed by atoms with Crippen LogP contribution in [0.4, 0.5) is 13.2 Å². The van der Waals surface area contributed by atoms with E-state index >= 15 is 0 Å². The van der Waals surface area contributed by atoms with Gasteiger partial charge in [-0.2, -0.15) is 18.2 Å². The minimum absolute atomic E-state index is 0. The van der Waals surface area contributed by atoms with E-state index in [0.717, 1.165) is 25.4 Å². The third-order valence-corrected chi connectivity index (χ3v) is 5.51. The Kier molecular flexibility index (Phi) is 5.88. The number of rotatable bonds is 4. The van der Waals surface area contributed by atoms with E-state index in [2.05, 4.69) is 39.1 Å². The van der Waals surface area contributed by atoms with Crippen molar-refractivity contribution in [3.05, 3.63) is 41.5 Å². The van der Waals surface area contributed by atoms with Gasteiger partial charge in [-0.25, -0.2) is 0 Å². The Bertz CT molecular complexity index is 799. The van der Waals surface area contributed by atoms with Crippen LogP contribution < -0.4 is 4.74 Å². The van der Waals surface area contributed by atoms with Gasteiger partial charge >= 0.3 is 6.18 Å². The number of fused-ring (bicyclic) bond motifs is 1. The highest BCUT2D eigenvalue weighted by atomic mass is 35.5. The number of benzene rings is 1. The first-order valence-electron chi connectivity index (χ1n) is 8.81. The van der Waals surface area contributed by atoms with E-state index in [0.29, 0.717) is 11.8 Å². The molecule has 154 valence electrons. The number of alkyl halides is 3. The van der Waals surface area contributed by atoms with Gasteiger partial charge in [-0.1, -0.05) is 17.3 Å². The minimum atomic E-state index is -4.58. The fourth-order valence-electron chi connectivity index (χ4n) is 4.41. The largest absolute Gasteiger partial charge is 0.497 e. The Morgan fingerprint density at radius 1 is 1.18 bits per heavy atom. The van der Waals surface area contributed by atoms with Crippen LogP contribution in [-0.4, -0.2) is 53.7 Å². The summed E-state index contributed by atoms with van der Waals surface area (Å²) in [6, 6.07) is 8.36. The van der Waals surface area contributed by atoms with Crippen LogP contribution in [0, 0.1) is 11.8 Å². The number of hydrogen-bond donors (Lipinski definition) is 0. The van der Waals surface area contributed by atoms with Gasteiger partial charge < -0.3 is 9.26 Å². The van der Waals surface area contributed by atoms with Gasteiger partial charge in [0.15, 0.2) is 0 Å². The van der Waals surface area contributed by atoms with Crippen molar-refractivity contribution in [3.63, 3.8) is 0 Å². The van der Waals surface area contributed by atoms with Crippen LogP contribution in [0.25, 0.3) is 0 Å². The number of methoxy groups -OCH3 is 1. The van der Waals surface area contributed by atoms with Crippen molar-refractivity contribution in [1.29, 1.82) is 0 Å². The number of nitrogens with zero attached hydrogens (tertiary/aromatic N) is 4. The Hall–Kier alpha value is -1.84. The molecule has 4 rings (SSSR count). The highest BCUT2D eigenvalue weighted by Crippen LogP contribution is 2.44. The molecule has 0 bridgehead atoms. The van der Waals surface area contributed by atoms with Crippen LogP contribution in [0.3, 0.4) is 0 Å². The van der Waals surface area contributed by atoms with Crippen molar-refractivity contribution in [2.45, 2.75) is 18.8 Å². The van der Waals surface area contributed by atoms with Gasteiger partial charge in [0.2, 0.25) is 5.89 Å². The molecule has 2 aliphatic rings. The number of ether oxygens (including phenoxy) is 1. The number of aromatic nitrogens is 2. The molecule has 10 heteroatoms. The predicted octanol–water partition coefficient (Wildman–Crippen LogP) is 3.25. The highest BCUT2D eigenvalue weighted by Gasteiger charge is 2.46. The summed E-state index contributed by atoms with van der Waals surface area (Å²) in [4.78, 5) is 7.94. The zero-order valence-corrected chi connectivity index (χ0v) is 16.3. The second-order valence-corrected chi connectivity index (χ2v) is 7.29. The van der Waals surface area contributed by atoms with Crippen LogP contribution in [0.5, 0.6) is 5.75 Å². The normalized spacial score (nSPS) is 25.5. The molecule has 28 heavy (non-hydrogen) atoms. The van der Waals surface area contributed by atoms with E-state index in [1.54, 1.807) is 7.11 Å². The molecule has 3 heterocycles. The van der Waals surface area contributed by atoms with Gasteiger partial charge in [-0.15, -0.1) is 12.4 Å². The van der Waals surface area contributed by atoms with Crippen molar-refractivity contribution >= 4 is 12.4 Å². The first kappa shape index (κ1) is 20.9. The summed E-state index contributed by atoms with van der Waals surface area (Å²) in [5, 5.41) is 3.03. The fourth-order valence-corrected chi connectivity index (χ4v) is 4.41. The molecular formula is C18H22ClF3N4O2. The minimum Gasteiger partial charge on any atom is -0.497 e. The lowest BCUT2D eigenvalue weighted by atomic mass is 9.89. The summed E-state index contributed by atoms with van der Waals surface area (Å²) in [5.74, 6) is 0.491. The molecule has 0 radical (unpaired) electrons. The molecule has 6 nitrogen and oxygen atoms in total. The molecule has 3 atom stereocenters. The third-order valence-electron chi connectivity index (χ3n) is 5.51. The number of hydrogen-bond acceptors (Lipinski definition) is 6. The van der Waals surface area contributed by atoms with Gasteiger partial charge in [0, 0.05) is 25.7 Å². The average Bonchev–Trinajstić information content (AvgIpc) is 3.29. The van der Waals surface area contributed by atoms with E-state index in [4.69, 9.17) is 9.26 Å². The summed E-state index contributed by atoms with van der Waals surface area (Å²) in [5.41, 5.74) is 1.23. The summed E-state index contributed by atoms with van der Waals surface area (Å²) >= 11 is 0. The average molecular weight is 419 g/mol. The standard InChI is InChI=1S/C18H21F3N4O2.ClH/c1-24-7-12-8-25(10-15-22-17(23-27-15)18(19,20)21)9-14(12)16(24)11-3-5-13(26-2)6-4-11;/h3-6,12,14,16H,7-10H2,1-2H3;1H/t12-,14+,16+;/m0./s1.